The topological polar surface area (TPSA) is 43.9 Å². The van der Waals surface area contributed by atoms with E-state index in [1.54, 1.807) is 30.3 Å². The molecule has 0 aliphatic carbocycles. The molecule has 6 heteroatoms. The van der Waals surface area contributed by atoms with Gasteiger partial charge in [-0.25, -0.2) is 4.79 Å². The minimum absolute atomic E-state index is 0.00963. The number of nitrogens with zero attached hydrogens (tertiary/aromatic N) is 3. The molecule has 0 unspecified atom stereocenters. The van der Waals surface area contributed by atoms with Gasteiger partial charge in [-0.05, 0) is 42.8 Å². The Hall–Kier alpha value is -2.34. The summed E-state index contributed by atoms with van der Waals surface area (Å²) in [4.78, 5) is 32.2. The van der Waals surface area contributed by atoms with E-state index in [1.165, 1.54) is 15.3 Å². The first-order valence-corrected chi connectivity index (χ1v) is 10.2. The third-order valence-corrected chi connectivity index (χ3v) is 5.96. The molecule has 3 rings (SSSR count). The van der Waals surface area contributed by atoms with Crippen LogP contribution < -0.4 is 0 Å². The Morgan fingerprint density at radius 3 is 2.52 bits per heavy atom. The predicted octanol–water partition coefficient (Wildman–Crippen LogP) is 3.61. The van der Waals surface area contributed by atoms with Crippen molar-refractivity contribution in [3.05, 3.63) is 57.8 Å². The average Bonchev–Trinajstić information content (AvgIpc) is 3.13. The number of hydrogen-bond acceptors (Lipinski definition) is 3. The van der Waals surface area contributed by atoms with Crippen LogP contribution in [0.3, 0.4) is 0 Å². The number of benzene rings is 1. The van der Waals surface area contributed by atoms with Gasteiger partial charge in [0.05, 0.1) is 6.04 Å². The Morgan fingerprint density at radius 2 is 1.89 bits per heavy atom. The highest BCUT2D eigenvalue weighted by molar-refractivity contribution is 7.10. The first kappa shape index (κ1) is 19.4. The highest BCUT2D eigenvalue weighted by atomic mass is 32.1. The van der Waals surface area contributed by atoms with Crippen LogP contribution in [0.25, 0.3) is 0 Å². The fourth-order valence-electron chi connectivity index (χ4n) is 3.54. The maximum Gasteiger partial charge on any atom is 0.320 e. The van der Waals surface area contributed by atoms with E-state index in [2.05, 4.69) is 23.6 Å². The third-order valence-electron chi connectivity index (χ3n) is 4.96. The molecule has 0 radical (unpaired) electrons. The van der Waals surface area contributed by atoms with Crippen molar-refractivity contribution in [2.24, 2.45) is 0 Å². The van der Waals surface area contributed by atoms with Crippen molar-refractivity contribution < 1.29 is 9.59 Å². The van der Waals surface area contributed by atoms with Crippen LogP contribution in [0.15, 0.2) is 41.8 Å². The Labute approximate surface area is 165 Å². The summed E-state index contributed by atoms with van der Waals surface area (Å²) in [5.74, 6) is -0.00963. The maximum absolute atomic E-state index is 13.3. The molecule has 1 aliphatic heterocycles. The Morgan fingerprint density at radius 1 is 1.19 bits per heavy atom. The van der Waals surface area contributed by atoms with Crippen molar-refractivity contribution in [1.82, 2.24) is 14.7 Å². The Balaban J connectivity index is 1.90. The summed E-state index contributed by atoms with van der Waals surface area (Å²) in [6.07, 6.45) is 0.866. The summed E-state index contributed by atoms with van der Waals surface area (Å²) in [6, 6.07) is 12.0. The monoisotopic (exact) mass is 385 g/mol. The zero-order valence-corrected chi connectivity index (χ0v) is 17.2. The second-order valence-corrected chi connectivity index (χ2v) is 8.35. The second-order valence-electron chi connectivity index (χ2n) is 7.35. The molecule has 1 aromatic heterocycles. The fourth-order valence-corrected chi connectivity index (χ4v) is 4.45. The lowest BCUT2D eigenvalue weighted by molar-refractivity contribution is -0.134. The molecule has 144 valence electrons. The summed E-state index contributed by atoms with van der Waals surface area (Å²) in [5, 5.41) is 2.10. The van der Waals surface area contributed by atoms with Gasteiger partial charge in [0, 0.05) is 31.6 Å². The number of hydrogen-bond donors (Lipinski definition) is 0. The summed E-state index contributed by atoms with van der Waals surface area (Å²) < 4.78 is 0. The molecule has 0 bridgehead atoms. The van der Waals surface area contributed by atoms with Crippen LogP contribution >= 0.6 is 11.3 Å². The standard InChI is InChI=1S/C21H27N3O2S/c1-15(2)24(21(26)22(3)4)14-19(25)23-12-10-18-17(11-13-27-18)20(23)16-8-6-5-7-9-16/h5-9,11,13,15,20H,10,12,14H2,1-4H3/t20-/m0/s1. The van der Waals surface area contributed by atoms with E-state index in [9.17, 15) is 9.59 Å². The van der Waals surface area contributed by atoms with Gasteiger partial charge in [0.15, 0.2) is 0 Å². The molecule has 5 nitrogen and oxygen atoms in total. The molecule has 0 spiro atoms. The lowest BCUT2D eigenvalue weighted by Crippen LogP contribution is -2.51. The van der Waals surface area contributed by atoms with Gasteiger partial charge in [0.2, 0.25) is 5.91 Å². The van der Waals surface area contributed by atoms with E-state index < -0.39 is 0 Å². The molecular formula is C21H27N3O2S. The Bertz CT molecular complexity index is 801. The van der Waals surface area contributed by atoms with E-state index >= 15 is 0 Å². The van der Waals surface area contributed by atoms with E-state index in [1.807, 2.05) is 36.9 Å². The minimum Gasteiger partial charge on any atom is -0.331 e. The number of carbonyl (C=O) groups excluding carboxylic acids is 2. The molecule has 0 fully saturated rings. The van der Waals surface area contributed by atoms with E-state index in [0.717, 1.165) is 12.0 Å². The Kier molecular flexibility index (Phi) is 5.85. The highest BCUT2D eigenvalue weighted by Crippen LogP contribution is 2.37. The van der Waals surface area contributed by atoms with Crippen LogP contribution in [-0.2, 0) is 11.2 Å². The van der Waals surface area contributed by atoms with Crippen LogP contribution in [0.4, 0.5) is 4.79 Å². The number of carbonyl (C=O) groups is 2. The maximum atomic E-state index is 13.3. The van der Waals surface area contributed by atoms with Gasteiger partial charge in [-0.1, -0.05) is 30.3 Å². The van der Waals surface area contributed by atoms with Gasteiger partial charge < -0.3 is 14.7 Å². The van der Waals surface area contributed by atoms with Crippen molar-refractivity contribution in [2.45, 2.75) is 32.4 Å². The van der Waals surface area contributed by atoms with Gasteiger partial charge in [-0.15, -0.1) is 11.3 Å². The normalized spacial score (nSPS) is 16.2. The van der Waals surface area contributed by atoms with Crippen LogP contribution in [0.1, 0.15) is 35.9 Å². The first-order valence-electron chi connectivity index (χ1n) is 9.28. The number of amides is 3. The molecule has 0 saturated heterocycles. The van der Waals surface area contributed by atoms with Crippen LogP contribution in [-0.4, -0.2) is 59.9 Å². The molecule has 1 aliphatic rings. The van der Waals surface area contributed by atoms with E-state index in [-0.39, 0.29) is 30.6 Å². The van der Waals surface area contributed by atoms with Crippen LogP contribution in [0, 0.1) is 0 Å². The zero-order valence-electron chi connectivity index (χ0n) is 16.4. The van der Waals surface area contributed by atoms with Crippen LogP contribution in [0.2, 0.25) is 0 Å². The molecule has 2 aromatic rings. The van der Waals surface area contributed by atoms with E-state index in [0.29, 0.717) is 6.54 Å². The van der Waals surface area contributed by atoms with Crippen molar-refractivity contribution in [3.8, 4) is 0 Å². The van der Waals surface area contributed by atoms with Gasteiger partial charge in [-0.2, -0.15) is 0 Å². The van der Waals surface area contributed by atoms with Crippen molar-refractivity contribution in [3.63, 3.8) is 0 Å². The SMILES string of the molecule is CC(C)N(CC(=O)N1CCc2sccc2[C@@H]1c1ccccc1)C(=O)N(C)C. The summed E-state index contributed by atoms with van der Waals surface area (Å²) in [7, 11) is 3.43. The summed E-state index contributed by atoms with van der Waals surface area (Å²) in [5.41, 5.74) is 2.32. The van der Waals surface area contributed by atoms with Crippen molar-refractivity contribution in [1.29, 1.82) is 0 Å². The predicted molar refractivity (Wildman–Crippen MR) is 109 cm³/mol. The fraction of sp³-hybridized carbons (Fsp3) is 0.429. The molecule has 0 saturated carbocycles. The van der Waals surface area contributed by atoms with Crippen LogP contribution in [0.5, 0.6) is 0 Å². The summed E-state index contributed by atoms with van der Waals surface area (Å²) in [6.45, 7) is 4.65. The second kappa shape index (κ2) is 8.13. The van der Waals surface area contributed by atoms with Gasteiger partial charge in [0.1, 0.15) is 6.54 Å². The van der Waals surface area contributed by atoms with Crippen molar-refractivity contribution >= 4 is 23.3 Å². The number of thiophene rings is 1. The molecule has 2 heterocycles. The number of fused-ring (bicyclic) bond motifs is 1. The van der Waals surface area contributed by atoms with E-state index in [4.69, 9.17) is 0 Å². The first-order chi connectivity index (χ1) is 12.9. The molecule has 0 N–H and O–H groups in total. The zero-order chi connectivity index (χ0) is 19.6. The average molecular weight is 386 g/mol. The van der Waals surface area contributed by atoms with Gasteiger partial charge >= 0.3 is 6.03 Å². The molecular weight excluding hydrogens is 358 g/mol. The molecule has 1 aromatic carbocycles. The molecule has 1 atom stereocenters. The number of urea groups is 1. The lowest BCUT2D eigenvalue weighted by atomic mass is 9.93. The molecule has 3 amide bonds. The smallest absolute Gasteiger partial charge is 0.320 e. The minimum atomic E-state index is -0.136. The van der Waals surface area contributed by atoms with Crippen molar-refractivity contribution in [2.75, 3.05) is 27.2 Å². The third kappa shape index (κ3) is 4.00. The molecule has 27 heavy (non-hydrogen) atoms. The van der Waals surface area contributed by atoms with Gasteiger partial charge in [-0.3, -0.25) is 4.79 Å². The van der Waals surface area contributed by atoms with Gasteiger partial charge in [0.25, 0.3) is 0 Å². The highest BCUT2D eigenvalue weighted by Gasteiger charge is 2.34. The quantitative estimate of drug-likeness (QED) is 0.807. The summed E-state index contributed by atoms with van der Waals surface area (Å²) >= 11 is 1.76. The largest absolute Gasteiger partial charge is 0.331 e. The lowest BCUT2D eigenvalue weighted by Gasteiger charge is -2.38. The number of rotatable bonds is 4.